The Labute approximate surface area is 162 Å². The van der Waals surface area contributed by atoms with Crippen LogP contribution in [0.3, 0.4) is 0 Å². The summed E-state index contributed by atoms with van der Waals surface area (Å²) >= 11 is 0. The van der Waals surface area contributed by atoms with Crippen LogP contribution < -0.4 is 11.1 Å². The second kappa shape index (κ2) is 8.98. The van der Waals surface area contributed by atoms with Gasteiger partial charge in [0.15, 0.2) is 6.10 Å². The van der Waals surface area contributed by atoms with Crippen molar-refractivity contribution in [1.82, 2.24) is 0 Å². The third kappa shape index (κ3) is 4.85. The molecule has 0 heterocycles. The van der Waals surface area contributed by atoms with Crippen molar-refractivity contribution in [2.75, 3.05) is 11.1 Å². The van der Waals surface area contributed by atoms with Gasteiger partial charge in [0.1, 0.15) is 5.69 Å². The van der Waals surface area contributed by atoms with Crippen LogP contribution in [0, 0.1) is 10.1 Å². The molecule has 0 unspecified atom stereocenters. The van der Waals surface area contributed by atoms with E-state index in [1.165, 1.54) is 19.1 Å². The second-order valence-corrected chi connectivity index (χ2v) is 6.46. The minimum Gasteiger partial charge on any atom is -0.449 e. The number of rotatable bonds is 7. The number of nitrogens with zero attached hydrogens (tertiary/aromatic N) is 1. The van der Waals surface area contributed by atoms with Crippen LogP contribution in [0.1, 0.15) is 49.0 Å². The van der Waals surface area contributed by atoms with E-state index in [1.807, 2.05) is 18.2 Å². The van der Waals surface area contributed by atoms with E-state index in [0.717, 1.165) is 18.1 Å². The molecule has 0 spiro atoms. The first kappa shape index (κ1) is 20.9. The molecule has 148 valence electrons. The molecular formula is C20H23N3O5. The number of nitro benzene ring substituents is 1. The molecule has 0 saturated carbocycles. The van der Waals surface area contributed by atoms with Gasteiger partial charge < -0.3 is 15.8 Å². The molecule has 0 aliphatic rings. The number of nitrogen functional groups attached to an aromatic ring is 1. The van der Waals surface area contributed by atoms with Crippen molar-refractivity contribution in [3.05, 3.63) is 63.7 Å². The Morgan fingerprint density at radius 1 is 1.21 bits per heavy atom. The number of hydrogen-bond donors (Lipinski definition) is 2. The maximum Gasteiger partial charge on any atom is 0.339 e. The molecule has 8 nitrogen and oxygen atoms in total. The summed E-state index contributed by atoms with van der Waals surface area (Å²) in [5, 5.41) is 13.7. The van der Waals surface area contributed by atoms with Crippen LogP contribution in [0.25, 0.3) is 0 Å². The largest absolute Gasteiger partial charge is 0.449 e. The summed E-state index contributed by atoms with van der Waals surface area (Å²) < 4.78 is 5.16. The van der Waals surface area contributed by atoms with Gasteiger partial charge in [-0.3, -0.25) is 14.9 Å². The van der Waals surface area contributed by atoms with Crippen molar-refractivity contribution in [2.45, 2.75) is 39.2 Å². The van der Waals surface area contributed by atoms with Gasteiger partial charge in [-0.2, -0.15) is 0 Å². The fourth-order valence-corrected chi connectivity index (χ4v) is 2.61. The normalized spacial score (nSPS) is 12.7. The Morgan fingerprint density at radius 2 is 1.89 bits per heavy atom. The molecular weight excluding hydrogens is 362 g/mol. The van der Waals surface area contributed by atoms with E-state index in [1.54, 1.807) is 6.07 Å². The molecule has 0 fully saturated rings. The first-order valence-electron chi connectivity index (χ1n) is 8.89. The van der Waals surface area contributed by atoms with Gasteiger partial charge in [-0.1, -0.05) is 32.0 Å². The van der Waals surface area contributed by atoms with Crippen molar-refractivity contribution in [3.63, 3.8) is 0 Å². The molecule has 0 bridgehead atoms. The summed E-state index contributed by atoms with van der Waals surface area (Å²) in [4.78, 5) is 35.0. The van der Waals surface area contributed by atoms with Crippen LogP contribution >= 0.6 is 0 Å². The van der Waals surface area contributed by atoms with Crippen molar-refractivity contribution in [3.8, 4) is 0 Å². The minimum absolute atomic E-state index is 0.0550. The number of ether oxygens (including phenoxy) is 1. The number of carbonyl (C=O) groups excluding carboxylic acids is 2. The third-order valence-electron chi connectivity index (χ3n) is 4.48. The lowest BCUT2D eigenvalue weighted by atomic mass is 9.97. The molecule has 3 N–H and O–H groups in total. The number of hydrogen-bond acceptors (Lipinski definition) is 6. The van der Waals surface area contributed by atoms with E-state index in [-0.39, 0.29) is 17.2 Å². The summed E-state index contributed by atoms with van der Waals surface area (Å²) in [6.45, 7) is 5.55. The first-order valence-corrected chi connectivity index (χ1v) is 8.89. The number of nitro groups is 1. The Balaban J connectivity index is 2.10. The Kier molecular flexibility index (Phi) is 6.70. The zero-order valence-electron chi connectivity index (χ0n) is 16.0. The first-order chi connectivity index (χ1) is 13.2. The van der Waals surface area contributed by atoms with E-state index in [9.17, 15) is 19.7 Å². The number of esters is 1. The zero-order valence-corrected chi connectivity index (χ0v) is 16.0. The highest BCUT2D eigenvalue weighted by molar-refractivity contribution is 5.98. The smallest absolute Gasteiger partial charge is 0.339 e. The topological polar surface area (TPSA) is 125 Å². The van der Waals surface area contributed by atoms with Gasteiger partial charge >= 0.3 is 5.97 Å². The van der Waals surface area contributed by atoms with Crippen molar-refractivity contribution in [1.29, 1.82) is 0 Å². The van der Waals surface area contributed by atoms with Crippen LogP contribution in [0.5, 0.6) is 0 Å². The molecule has 0 saturated heterocycles. The molecule has 2 aromatic rings. The SMILES string of the molecule is CC[C@H](C)c1ccccc1NC(=O)[C@@H](C)OC(=O)c1ccc(N)c([N+](=O)[O-])c1. The van der Waals surface area contributed by atoms with Gasteiger partial charge in [0.05, 0.1) is 10.5 Å². The molecule has 2 aromatic carbocycles. The zero-order chi connectivity index (χ0) is 20.8. The monoisotopic (exact) mass is 385 g/mol. The summed E-state index contributed by atoms with van der Waals surface area (Å²) in [6, 6.07) is 11.0. The fourth-order valence-electron chi connectivity index (χ4n) is 2.61. The lowest BCUT2D eigenvalue weighted by Crippen LogP contribution is -2.30. The quantitative estimate of drug-likeness (QED) is 0.322. The number of para-hydroxylation sites is 1. The van der Waals surface area contributed by atoms with E-state index in [2.05, 4.69) is 19.2 Å². The van der Waals surface area contributed by atoms with E-state index in [0.29, 0.717) is 5.69 Å². The van der Waals surface area contributed by atoms with Crippen LogP contribution in [-0.4, -0.2) is 22.9 Å². The predicted molar refractivity (Wildman–Crippen MR) is 106 cm³/mol. The molecule has 1 amide bonds. The minimum atomic E-state index is -1.09. The fraction of sp³-hybridized carbons (Fsp3) is 0.300. The van der Waals surface area contributed by atoms with Gasteiger partial charge in [0, 0.05) is 11.8 Å². The highest BCUT2D eigenvalue weighted by atomic mass is 16.6. The summed E-state index contributed by atoms with van der Waals surface area (Å²) in [6.07, 6.45) is -0.179. The molecule has 0 aliphatic carbocycles. The lowest BCUT2D eigenvalue weighted by molar-refractivity contribution is -0.383. The number of benzene rings is 2. The third-order valence-corrected chi connectivity index (χ3v) is 4.48. The molecule has 2 atom stereocenters. The average molecular weight is 385 g/mol. The van der Waals surface area contributed by atoms with E-state index in [4.69, 9.17) is 10.5 Å². The standard InChI is InChI=1S/C20H23N3O5/c1-4-12(2)15-7-5-6-8-17(15)22-19(24)13(3)28-20(25)14-9-10-16(21)18(11-14)23(26)27/h5-13H,4,21H2,1-3H3,(H,22,24)/t12-,13+/m0/s1. The lowest BCUT2D eigenvalue weighted by Gasteiger charge is -2.18. The predicted octanol–water partition coefficient (Wildman–Crippen LogP) is 3.87. The van der Waals surface area contributed by atoms with Gasteiger partial charge in [-0.05, 0) is 43.0 Å². The number of nitrogens with two attached hydrogens (primary N) is 1. The average Bonchev–Trinajstić information content (AvgIpc) is 2.67. The Hall–Kier alpha value is -3.42. The van der Waals surface area contributed by atoms with Crippen molar-refractivity contribution in [2.24, 2.45) is 0 Å². The van der Waals surface area contributed by atoms with Gasteiger partial charge in [0.2, 0.25) is 0 Å². The van der Waals surface area contributed by atoms with Gasteiger partial charge in [0.25, 0.3) is 11.6 Å². The summed E-state index contributed by atoms with van der Waals surface area (Å²) in [5.41, 5.74) is 6.66. The molecule has 0 aliphatic heterocycles. The van der Waals surface area contributed by atoms with Gasteiger partial charge in [-0.25, -0.2) is 4.79 Å². The van der Waals surface area contributed by atoms with Crippen LogP contribution in [-0.2, 0) is 9.53 Å². The Bertz CT molecular complexity index is 897. The van der Waals surface area contributed by atoms with Crippen LogP contribution in [0.15, 0.2) is 42.5 Å². The van der Waals surface area contributed by atoms with Crippen molar-refractivity contribution < 1.29 is 19.2 Å². The number of amides is 1. The molecule has 2 rings (SSSR count). The second-order valence-electron chi connectivity index (χ2n) is 6.46. The molecule has 8 heteroatoms. The van der Waals surface area contributed by atoms with E-state index >= 15 is 0 Å². The molecule has 0 radical (unpaired) electrons. The van der Waals surface area contributed by atoms with E-state index < -0.39 is 28.6 Å². The maximum atomic E-state index is 12.5. The molecule has 0 aromatic heterocycles. The van der Waals surface area contributed by atoms with Gasteiger partial charge in [-0.15, -0.1) is 0 Å². The highest BCUT2D eigenvalue weighted by Gasteiger charge is 2.22. The number of anilines is 2. The highest BCUT2D eigenvalue weighted by Crippen LogP contribution is 2.27. The van der Waals surface area contributed by atoms with Crippen LogP contribution in [0.4, 0.5) is 17.1 Å². The molecule has 28 heavy (non-hydrogen) atoms. The summed E-state index contributed by atoms with van der Waals surface area (Å²) in [5.74, 6) is -1.08. The Morgan fingerprint density at radius 3 is 2.54 bits per heavy atom. The van der Waals surface area contributed by atoms with Crippen molar-refractivity contribution >= 4 is 28.9 Å². The number of nitrogens with one attached hydrogen (secondary N) is 1. The summed E-state index contributed by atoms with van der Waals surface area (Å²) in [7, 11) is 0. The number of carbonyl (C=O) groups is 2. The maximum absolute atomic E-state index is 12.5. The van der Waals surface area contributed by atoms with Crippen LogP contribution in [0.2, 0.25) is 0 Å².